The summed E-state index contributed by atoms with van der Waals surface area (Å²) in [6, 6.07) is 1.26. The van der Waals surface area contributed by atoms with Gasteiger partial charge in [0.05, 0.1) is 7.11 Å². The minimum atomic E-state index is -1.92. The molecule has 0 saturated carbocycles. The van der Waals surface area contributed by atoms with Crippen molar-refractivity contribution in [1.82, 2.24) is 0 Å². The Balaban J connectivity index is 3.08. The smallest absolute Gasteiger partial charge is 0.337 e. The molecule has 0 spiro atoms. The molecule has 2 atom stereocenters. The van der Waals surface area contributed by atoms with E-state index in [2.05, 4.69) is 4.74 Å². The van der Waals surface area contributed by atoms with E-state index >= 15 is 0 Å². The zero-order valence-electron chi connectivity index (χ0n) is 8.85. The maximum Gasteiger partial charge on any atom is 0.337 e. The number of hydrogen-bond acceptors (Lipinski definition) is 5. The number of rotatable bonds is 3. The van der Waals surface area contributed by atoms with Crippen LogP contribution in [0.3, 0.4) is 0 Å². The van der Waals surface area contributed by atoms with Crippen LogP contribution in [0, 0.1) is 11.6 Å². The summed E-state index contributed by atoms with van der Waals surface area (Å²) < 4.78 is 29.9. The van der Waals surface area contributed by atoms with Gasteiger partial charge in [-0.3, -0.25) is 0 Å². The summed E-state index contributed by atoms with van der Waals surface area (Å²) in [5.41, 5.74) is 4.77. The first kappa shape index (κ1) is 13.3. The van der Waals surface area contributed by atoms with Crippen molar-refractivity contribution in [2.45, 2.75) is 12.2 Å². The monoisotopic (exact) mass is 247 g/mol. The lowest BCUT2D eigenvalue weighted by Gasteiger charge is -2.17. The summed E-state index contributed by atoms with van der Waals surface area (Å²) in [5, 5.41) is 18.9. The van der Waals surface area contributed by atoms with Gasteiger partial charge < -0.3 is 20.7 Å². The van der Waals surface area contributed by atoms with Gasteiger partial charge in [-0.15, -0.1) is 0 Å². The summed E-state index contributed by atoms with van der Waals surface area (Å²) in [6.45, 7) is 0. The summed E-state index contributed by atoms with van der Waals surface area (Å²) >= 11 is 0. The van der Waals surface area contributed by atoms with Crippen LogP contribution < -0.4 is 5.73 Å². The molecule has 17 heavy (non-hydrogen) atoms. The van der Waals surface area contributed by atoms with Gasteiger partial charge in [0.25, 0.3) is 0 Å². The SMILES string of the molecule is COC(=O)C(O)C(O)c1cc(F)c(F)cc1N. The van der Waals surface area contributed by atoms with Gasteiger partial charge in [0.2, 0.25) is 0 Å². The number of benzene rings is 1. The van der Waals surface area contributed by atoms with E-state index in [1.165, 1.54) is 0 Å². The predicted molar refractivity (Wildman–Crippen MR) is 53.8 cm³/mol. The number of halogens is 2. The number of anilines is 1. The maximum absolute atomic E-state index is 12.9. The van der Waals surface area contributed by atoms with Crippen molar-refractivity contribution in [3.8, 4) is 0 Å². The van der Waals surface area contributed by atoms with Gasteiger partial charge in [0.15, 0.2) is 17.7 Å². The van der Waals surface area contributed by atoms with Crippen molar-refractivity contribution in [1.29, 1.82) is 0 Å². The van der Waals surface area contributed by atoms with Gasteiger partial charge in [-0.25, -0.2) is 13.6 Å². The standard InChI is InChI=1S/C10H11F2NO4/c1-17-10(16)9(15)8(14)4-2-5(11)6(12)3-7(4)13/h2-3,8-9,14-15H,13H2,1H3. The highest BCUT2D eigenvalue weighted by molar-refractivity contribution is 5.75. The van der Waals surface area contributed by atoms with Crippen molar-refractivity contribution in [3.05, 3.63) is 29.3 Å². The Labute approximate surface area is 95.4 Å². The molecule has 1 aromatic carbocycles. The molecule has 0 aromatic heterocycles. The van der Waals surface area contributed by atoms with E-state index in [1.807, 2.05) is 0 Å². The number of esters is 1. The van der Waals surface area contributed by atoms with E-state index < -0.39 is 29.8 Å². The predicted octanol–water partition coefficient (Wildman–Crippen LogP) is 0.114. The van der Waals surface area contributed by atoms with Crippen molar-refractivity contribution in [2.24, 2.45) is 0 Å². The normalized spacial score (nSPS) is 14.2. The Kier molecular flexibility index (Phi) is 3.97. The fraction of sp³-hybridized carbons (Fsp3) is 0.300. The highest BCUT2D eigenvalue weighted by atomic mass is 19.2. The van der Waals surface area contributed by atoms with Gasteiger partial charge in [-0.1, -0.05) is 0 Å². The van der Waals surface area contributed by atoms with Crippen LogP contribution in [0.1, 0.15) is 11.7 Å². The average molecular weight is 247 g/mol. The number of hydrogen-bond donors (Lipinski definition) is 3. The summed E-state index contributed by atoms with van der Waals surface area (Å²) in [7, 11) is 1.01. The number of aliphatic hydroxyl groups is 2. The Bertz CT molecular complexity index is 439. The molecule has 0 bridgehead atoms. The molecule has 1 aromatic rings. The first-order chi connectivity index (χ1) is 7.88. The van der Waals surface area contributed by atoms with Crippen LogP contribution in [-0.2, 0) is 9.53 Å². The van der Waals surface area contributed by atoms with Crippen LogP contribution in [0.25, 0.3) is 0 Å². The lowest BCUT2D eigenvalue weighted by Crippen LogP contribution is -2.29. The fourth-order valence-electron chi connectivity index (χ4n) is 1.25. The van der Waals surface area contributed by atoms with Crippen LogP contribution in [-0.4, -0.2) is 29.4 Å². The van der Waals surface area contributed by atoms with Crippen LogP contribution in [0.5, 0.6) is 0 Å². The van der Waals surface area contributed by atoms with Gasteiger partial charge >= 0.3 is 5.97 Å². The molecule has 0 aliphatic heterocycles. The number of nitrogen functional groups attached to an aromatic ring is 1. The quantitative estimate of drug-likeness (QED) is 0.521. The fourth-order valence-corrected chi connectivity index (χ4v) is 1.25. The third kappa shape index (κ3) is 2.69. The van der Waals surface area contributed by atoms with E-state index in [9.17, 15) is 23.8 Å². The number of ether oxygens (including phenoxy) is 1. The van der Waals surface area contributed by atoms with Gasteiger partial charge in [0, 0.05) is 17.3 Å². The number of carbonyl (C=O) groups excluding carboxylic acids is 1. The van der Waals surface area contributed by atoms with Gasteiger partial charge in [0.1, 0.15) is 6.10 Å². The molecule has 0 amide bonds. The molecule has 5 nitrogen and oxygen atoms in total. The molecular formula is C10H11F2NO4. The third-order valence-corrected chi connectivity index (χ3v) is 2.19. The molecule has 7 heteroatoms. The molecule has 0 heterocycles. The van der Waals surface area contributed by atoms with Gasteiger partial charge in [-0.05, 0) is 6.07 Å². The molecule has 0 fully saturated rings. The number of methoxy groups -OCH3 is 1. The number of nitrogens with two attached hydrogens (primary N) is 1. The summed E-state index contributed by atoms with van der Waals surface area (Å²) in [4.78, 5) is 10.9. The Morgan fingerprint density at radius 1 is 1.35 bits per heavy atom. The first-order valence-corrected chi connectivity index (χ1v) is 4.56. The maximum atomic E-state index is 12.9. The van der Waals surface area contributed by atoms with E-state index in [4.69, 9.17) is 5.73 Å². The second-order valence-corrected chi connectivity index (χ2v) is 3.31. The topological polar surface area (TPSA) is 92.8 Å². The lowest BCUT2D eigenvalue weighted by molar-refractivity contribution is -0.156. The zero-order chi connectivity index (χ0) is 13.2. The third-order valence-electron chi connectivity index (χ3n) is 2.19. The molecule has 0 aliphatic carbocycles. The van der Waals surface area contributed by atoms with Crippen molar-refractivity contribution in [2.75, 3.05) is 12.8 Å². The molecule has 0 aliphatic rings. The Morgan fingerprint density at radius 2 is 1.88 bits per heavy atom. The summed E-state index contributed by atoms with van der Waals surface area (Å²) in [5.74, 6) is -3.54. The highest BCUT2D eigenvalue weighted by Gasteiger charge is 2.28. The lowest BCUT2D eigenvalue weighted by atomic mass is 10.0. The van der Waals surface area contributed by atoms with E-state index in [-0.39, 0.29) is 11.3 Å². The summed E-state index contributed by atoms with van der Waals surface area (Å²) in [6.07, 6.45) is -3.72. The number of carbonyl (C=O) groups is 1. The molecule has 94 valence electrons. The Morgan fingerprint density at radius 3 is 2.41 bits per heavy atom. The second kappa shape index (κ2) is 5.07. The van der Waals surface area contributed by atoms with Crippen molar-refractivity contribution < 1.29 is 28.5 Å². The van der Waals surface area contributed by atoms with Crippen LogP contribution >= 0.6 is 0 Å². The average Bonchev–Trinajstić information content (AvgIpc) is 2.31. The molecule has 1 rings (SSSR count). The first-order valence-electron chi connectivity index (χ1n) is 4.56. The van der Waals surface area contributed by atoms with Crippen molar-refractivity contribution in [3.63, 3.8) is 0 Å². The minimum absolute atomic E-state index is 0.278. The largest absolute Gasteiger partial charge is 0.467 e. The van der Waals surface area contributed by atoms with Crippen LogP contribution in [0.15, 0.2) is 12.1 Å². The van der Waals surface area contributed by atoms with Crippen LogP contribution in [0.4, 0.5) is 14.5 Å². The Hall–Kier alpha value is -1.73. The second-order valence-electron chi connectivity index (χ2n) is 3.31. The van der Waals surface area contributed by atoms with Crippen LogP contribution in [0.2, 0.25) is 0 Å². The molecule has 0 radical (unpaired) electrons. The van der Waals surface area contributed by atoms with E-state index in [0.29, 0.717) is 12.1 Å². The molecule has 2 unspecified atom stereocenters. The molecule has 4 N–H and O–H groups in total. The molecule has 0 saturated heterocycles. The van der Waals surface area contributed by atoms with E-state index in [0.717, 1.165) is 7.11 Å². The zero-order valence-corrected chi connectivity index (χ0v) is 8.85. The number of aliphatic hydroxyl groups excluding tert-OH is 2. The van der Waals surface area contributed by atoms with E-state index in [1.54, 1.807) is 0 Å². The molecular weight excluding hydrogens is 236 g/mol. The van der Waals surface area contributed by atoms with Gasteiger partial charge in [-0.2, -0.15) is 0 Å². The minimum Gasteiger partial charge on any atom is -0.467 e. The highest BCUT2D eigenvalue weighted by Crippen LogP contribution is 2.26. The van der Waals surface area contributed by atoms with Crippen molar-refractivity contribution >= 4 is 11.7 Å².